The fourth-order valence-electron chi connectivity index (χ4n) is 1.92. The van der Waals surface area contributed by atoms with Gasteiger partial charge in [-0.1, -0.05) is 12.1 Å². The fourth-order valence-corrected chi connectivity index (χ4v) is 1.92. The molecule has 1 saturated heterocycles. The zero-order chi connectivity index (χ0) is 12.4. The van der Waals surface area contributed by atoms with E-state index in [1.807, 2.05) is 32.0 Å². The lowest BCUT2D eigenvalue weighted by molar-refractivity contribution is -0.122. The first kappa shape index (κ1) is 11.6. The Labute approximate surface area is 100 Å². The average molecular weight is 232 g/mol. The van der Waals surface area contributed by atoms with Crippen LogP contribution in [0.25, 0.3) is 0 Å². The predicted octanol–water partition coefficient (Wildman–Crippen LogP) is 1.52. The highest BCUT2D eigenvalue weighted by Crippen LogP contribution is 2.19. The lowest BCUT2D eigenvalue weighted by Gasteiger charge is -2.13. The fraction of sp³-hybridized carbons (Fsp3) is 0.385. The smallest absolute Gasteiger partial charge is 0.246 e. The normalized spacial score (nSPS) is 18.9. The maximum absolute atomic E-state index is 11.9. The van der Waals surface area contributed by atoms with Gasteiger partial charge in [-0.2, -0.15) is 0 Å². The molecule has 0 aliphatic carbocycles. The van der Waals surface area contributed by atoms with E-state index in [1.54, 1.807) is 0 Å². The number of carbonyl (C=O) groups excluding carboxylic acids is 2. The van der Waals surface area contributed by atoms with Crippen LogP contribution in [0.15, 0.2) is 18.2 Å². The Kier molecular flexibility index (Phi) is 3.13. The van der Waals surface area contributed by atoms with Crippen molar-refractivity contribution in [1.29, 1.82) is 0 Å². The largest absolute Gasteiger partial charge is 0.344 e. The molecule has 90 valence electrons. The van der Waals surface area contributed by atoms with Crippen molar-refractivity contribution in [2.24, 2.45) is 0 Å². The average Bonchev–Trinajstić information content (AvgIpc) is 2.72. The third kappa shape index (κ3) is 2.46. The zero-order valence-corrected chi connectivity index (χ0v) is 10.0. The van der Waals surface area contributed by atoms with Crippen LogP contribution in [0, 0.1) is 13.8 Å². The number of anilines is 1. The van der Waals surface area contributed by atoms with Crippen molar-refractivity contribution in [3.8, 4) is 0 Å². The summed E-state index contributed by atoms with van der Waals surface area (Å²) in [5, 5.41) is 5.52. The van der Waals surface area contributed by atoms with Crippen molar-refractivity contribution < 1.29 is 9.59 Å². The highest BCUT2D eigenvalue weighted by Gasteiger charge is 2.27. The molecular formula is C13H16N2O2. The van der Waals surface area contributed by atoms with Gasteiger partial charge in [0.2, 0.25) is 11.8 Å². The summed E-state index contributed by atoms with van der Waals surface area (Å²) in [5.74, 6) is -0.185. The quantitative estimate of drug-likeness (QED) is 0.812. The van der Waals surface area contributed by atoms with Gasteiger partial charge in [-0.3, -0.25) is 9.59 Å². The number of hydrogen-bond acceptors (Lipinski definition) is 2. The number of rotatable bonds is 2. The number of aryl methyl sites for hydroxylation is 1. The van der Waals surface area contributed by atoms with Crippen LogP contribution < -0.4 is 10.6 Å². The van der Waals surface area contributed by atoms with Crippen molar-refractivity contribution in [3.05, 3.63) is 29.3 Å². The summed E-state index contributed by atoms with van der Waals surface area (Å²) in [4.78, 5) is 22.9. The summed E-state index contributed by atoms with van der Waals surface area (Å²) in [6.45, 7) is 3.97. The minimum atomic E-state index is -0.387. The molecule has 17 heavy (non-hydrogen) atoms. The molecular weight excluding hydrogens is 216 g/mol. The van der Waals surface area contributed by atoms with Gasteiger partial charge in [-0.25, -0.2) is 0 Å². The Morgan fingerprint density at radius 2 is 2.18 bits per heavy atom. The minimum absolute atomic E-state index is 0.0499. The van der Waals surface area contributed by atoms with Crippen LogP contribution in [-0.2, 0) is 9.59 Å². The molecule has 4 heteroatoms. The van der Waals surface area contributed by atoms with Crippen molar-refractivity contribution in [3.63, 3.8) is 0 Å². The van der Waals surface area contributed by atoms with E-state index in [1.165, 1.54) is 0 Å². The molecule has 2 rings (SSSR count). The van der Waals surface area contributed by atoms with E-state index >= 15 is 0 Å². The lowest BCUT2D eigenvalue weighted by Crippen LogP contribution is -2.37. The Bertz CT molecular complexity index is 468. The molecule has 0 spiro atoms. The molecule has 1 atom stereocenters. The van der Waals surface area contributed by atoms with E-state index in [-0.39, 0.29) is 17.9 Å². The molecule has 0 radical (unpaired) electrons. The minimum Gasteiger partial charge on any atom is -0.344 e. The van der Waals surface area contributed by atoms with E-state index in [0.717, 1.165) is 16.8 Å². The van der Waals surface area contributed by atoms with Crippen LogP contribution in [0.2, 0.25) is 0 Å². The third-order valence-electron chi connectivity index (χ3n) is 3.17. The molecule has 2 N–H and O–H groups in total. The third-order valence-corrected chi connectivity index (χ3v) is 3.17. The molecule has 0 aromatic heterocycles. The van der Waals surface area contributed by atoms with Crippen LogP contribution in [-0.4, -0.2) is 17.9 Å². The van der Waals surface area contributed by atoms with Crippen molar-refractivity contribution in [2.45, 2.75) is 32.7 Å². The SMILES string of the molecule is Cc1cccc(NC(=O)[C@@H]2CCC(=O)N2)c1C. The van der Waals surface area contributed by atoms with Crippen LogP contribution >= 0.6 is 0 Å². The maximum Gasteiger partial charge on any atom is 0.246 e. The Morgan fingerprint density at radius 3 is 2.82 bits per heavy atom. The van der Waals surface area contributed by atoms with Crippen LogP contribution in [0.5, 0.6) is 0 Å². The second-order valence-electron chi connectivity index (χ2n) is 4.40. The summed E-state index contributed by atoms with van der Waals surface area (Å²) in [5.41, 5.74) is 3.01. The monoisotopic (exact) mass is 232 g/mol. The molecule has 1 aromatic carbocycles. The van der Waals surface area contributed by atoms with Gasteiger partial charge in [0.1, 0.15) is 6.04 Å². The molecule has 1 fully saturated rings. The van der Waals surface area contributed by atoms with E-state index < -0.39 is 0 Å². The number of amides is 2. The molecule has 0 bridgehead atoms. The zero-order valence-electron chi connectivity index (χ0n) is 10.0. The molecule has 0 saturated carbocycles. The molecule has 1 heterocycles. The summed E-state index contributed by atoms with van der Waals surface area (Å²) in [7, 11) is 0. The maximum atomic E-state index is 11.9. The van der Waals surface area contributed by atoms with Gasteiger partial charge in [0.15, 0.2) is 0 Å². The van der Waals surface area contributed by atoms with E-state index in [0.29, 0.717) is 12.8 Å². The van der Waals surface area contributed by atoms with Crippen molar-refractivity contribution in [2.75, 3.05) is 5.32 Å². The van der Waals surface area contributed by atoms with E-state index in [9.17, 15) is 9.59 Å². The van der Waals surface area contributed by atoms with Gasteiger partial charge in [-0.05, 0) is 37.5 Å². The van der Waals surface area contributed by atoms with Gasteiger partial charge >= 0.3 is 0 Å². The van der Waals surface area contributed by atoms with Gasteiger partial charge in [0, 0.05) is 12.1 Å². The Hall–Kier alpha value is -1.84. The number of carbonyl (C=O) groups is 2. The second-order valence-corrected chi connectivity index (χ2v) is 4.40. The topological polar surface area (TPSA) is 58.2 Å². The lowest BCUT2D eigenvalue weighted by atomic mass is 10.1. The summed E-state index contributed by atoms with van der Waals surface area (Å²) >= 11 is 0. The van der Waals surface area contributed by atoms with Gasteiger partial charge in [0.25, 0.3) is 0 Å². The first-order valence-electron chi connectivity index (χ1n) is 5.74. The van der Waals surface area contributed by atoms with Crippen molar-refractivity contribution in [1.82, 2.24) is 5.32 Å². The number of benzene rings is 1. The first-order chi connectivity index (χ1) is 8.08. The van der Waals surface area contributed by atoms with Crippen LogP contribution in [0.3, 0.4) is 0 Å². The summed E-state index contributed by atoms with van der Waals surface area (Å²) in [6.07, 6.45) is 1.01. The highest BCUT2D eigenvalue weighted by atomic mass is 16.2. The Morgan fingerprint density at radius 1 is 1.41 bits per heavy atom. The Balaban J connectivity index is 2.08. The number of nitrogens with one attached hydrogen (secondary N) is 2. The molecule has 1 aromatic rings. The molecule has 2 amide bonds. The summed E-state index contributed by atoms with van der Waals surface area (Å²) < 4.78 is 0. The van der Waals surface area contributed by atoms with Gasteiger partial charge in [-0.15, -0.1) is 0 Å². The molecule has 4 nitrogen and oxygen atoms in total. The van der Waals surface area contributed by atoms with Crippen LogP contribution in [0.4, 0.5) is 5.69 Å². The van der Waals surface area contributed by atoms with E-state index in [2.05, 4.69) is 10.6 Å². The molecule has 1 aliphatic rings. The summed E-state index contributed by atoms with van der Waals surface area (Å²) in [6, 6.07) is 5.40. The van der Waals surface area contributed by atoms with Gasteiger partial charge < -0.3 is 10.6 Å². The number of hydrogen-bond donors (Lipinski definition) is 2. The standard InChI is InChI=1S/C13H16N2O2/c1-8-4-3-5-10(9(8)2)15-13(17)11-6-7-12(16)14-11/h3-5,11H,6-7H2,1-2H3,(H,14,16)(H,15,17)/t11-/m0/s1. The van der Waals surface area contributed by atoms with E-state index in [4.69, 9.17) is 0 Å². The predicted molar refractivity (Wildman–Crippen MR) is 65.7 cm³/mol. The first-order valence-corrected chi connectivity index (χ1v) is 5.74. The van der Waals surface area contributed by atoms with Crippen molar-refractivity contribution >= 4 is 17.5 Å². The highest BCUT2D eigenvalue weighted by molar-refractivity contribution is 5.99. The second kappa shape index (κ2) is 4.57. The molecule has 0 unspecified atom stereocenters. The van der Waals surface area contributed by atoms with Gasteiger partial charge in [0.05, 0.1) is 0 Å². The molecule has 1 aliphatic heterocycles. The van der Waals surface area contributed by atoms with Crippen LogP contribution in [0.1, 0.15) is 24.0 Å².